The largest absolute Gasteiger partial charge is 0.479 e. The molecule has 0 aliphatic heterocycles. The molecule has 0 aliphatic rings. The predicted octanol–water partition coefficient (Wildman–Crippen LogP) is -1.62. The molecule has 0 aliphatic carbocycles. The van der Waals surface area contributed by atoms with Gasteiger partial charge in [-0.15, -0.1) is 0 Å². The van der Waals surface area contributed by atoms with Crippen LogP contribution in [0, 0.1) is 0 Å². The molecule has 1 atom stereocenters. The lowest BCUT2D eigenvalue weighted by molar-refractivity contribution is -0.149. The van der Waals surface area contributed by atoms with Crippen molar-refractivity contribution in [1.82, 2.24) is 0 Å². The maximum absolute atomic E-state index is 10.3. The minimum absolute atomic E-state index is 0.536. The molecule has 0 aromatic rings. The molecule has 0 aromatic heterocycles. The van der Waals surface area contributed by atoms with Gasteiger partial charge in [0.25, 0.3) is 0 Å². The lowest BCUT2D eigenvalue weighted by Gasteiger charge is -2.00. The zero-order valence-electron chi connectivity index (χ0n) is 5.15. The summed E-state index contributed by atoms with van der Waals surface area (Å²) < 4.78 is 0. The van der Waals surface area contributed by atoms with E-state index < -0.39 is 30.9 Å². The van der Waals surface area contributed by atoms with Gasteiger partial charge in [0.1, 0.15) is 6.61 Å². The molecule has 0 saturated carbocycles. The maximum atomic E-state index is 10.3. The normalized spacial score (nSPS) is 12.6. The zero-order valence-corrected chi connectivity index (χ0v) is 5.15. The van der Waals surface area contributed by atoms with E-state index >= 15 is 0 Å². The lowest BCUT2D eigenvalue weighted by Crippen LogP contribution is -2.24. The molecule has 0 fully saturated rings. The Balaban J connectivity index is 3.68. The van der Waals surface area contributed by atoms with Gasteiger partial charge in [0, 0.05) is 6.42 Å². The average molecular weight is 148 g/mol. The number of aliphatic hydroxyl groups excluding tert-OH is 2. The second-order valence-corrected chi connectivity index (χ2v) is 1.75. The molecule has 5 heteroatoms. The van der Waals surface area contributed by atoms with E-state index in [1.54, 1.807) is 0 Å². The molecular formula is C5H8O5. The van der Waals surface area contributed by atoms with E-state index in [4.69, 9.17) is 15.3 Å². The van der Waals surface area contributed by atoms with Crippen LogP contribution in [0.3, 0.4) is 0 Å². The average Bonchev–Trinajstić information content (AvgIpc) is 1.87. The molecule has 0 heterocycles. The van der Waals surface area contributed by atoms with Crippen molar-refractivity contribution in [3.05, 3.63) is 0 Å². The molecule has 0 bridgehead atoms. The Kier molecular flexibility index (Phi) is 3.60. The zero-order chi connectivity index (χ0) is 8.15. The molecule has 58 valence electrons. The van der Waals surface area contributed by atoms with Crippen LogP contribution in [0.1, 0.15) is 6.42 Å². The number of carboxylic acids is 1. The van der Waals surface area contributed by atoms with Crippen molar-refractivity contribution in [3.8, 4) is 0 Å². The highest BCUT2D eigenvalue weighted by Gasteiger charge is 2.16. The Morgan fingerprint density at radius 3 is 2.20 bits per heavy atom. The Morgan fingerprint density at radius 1 is 1.40 bits per heavy atom. The number of aliphatic carboxylic acids is 1. The fraction of sp³-hybridized carbons (Fsp3) is 0.600. The summed E-state index contributed by atoms with van der Waals surface area (Å²) in [5.74, 6) is -2.14. The van der Waals surface area contributed by atoms with Crippen LogP contribution in [0.5, 0.6) is 0 Å². The van der Waals surface area contributed by atoms with Crippen molar-refractivity contribution < 1.29 is 24.9 Å². The van der Waals surface area contributed by atoms with Crippen LogP contribution >= 0.6 is 0 Å². The summed E-state index contributed by atoms with van der Waals surface area (Å²) in [6.07, 6.45) is -2.23. The molecule has 0 saturated heterocycles. The van der Waals surface area contributed by atoms with Crippen LogP contribution in [-0.4, -0.2) is 39.8 Å². The molecule has 0 rings (SSSR count). The van der Waals surface area contributed by atoms with Crippen LogP contribution in [0.25, 0.3) is 0 Å². The molecule has 0 radical (unpaired) electrons. The van der Waals surface area contributed by atoms with Gasteiger partial charge in [-0.1, -0.05) is 0 Å². The van der Waals surface area contributed by atoms with Crippen LogP contribution in [0.15, 0.2) is 0 Å². The Morgan fingerprint density at radius 2 is 1.90 bits per heavy atom. The maximum Gasteiger partial charge on any atom is 0.332 e. The van der Waals surface area contributed by atoms with Gasteiger partial charge in [-0.05, 0) is 0 Å². The standard InChI is InChI=1S/C5H8O5/c6-2-3(7)1-4(8)5(9)10/h4,6,8H,1-2H2,(H,9,10). The molecule has 0 spiro atoms. The van der Waals surface area contributed by atoms with Crippen molar-refractivity contribution in [2.45, 2.75) is 12.5 Å². The van der Waals surface area contributed by atoms with E-state index in [0.717, 1.165) is 0 Å². The van der Waals surface area contributed by atoms with Crippen LogP contribution < -0.4 is 0 Å². The number of Topliss-reactive ketones (excluding diaryl/α,β-unsaturated/α-hetero) is 1. The molecule has 0 aromatic carbocycles. The number of carbonyl (C=O) groups excluding carboxylic acids is 1. The second-order valence-electron chi connectivity index (χ2n) is 1.75. The number of rotatable bonds is 4. The Hall–Kier alpha value is -0.940. The lowest BCUT2D eigenvalue weighted by atomic mass is 10.2. The minimum Gasteiger partial charge on any atom is -0.479 e. The Labute approximate surface area is 56.9 Å². The quantitative estimate of drug-likeness (QED) is 0.445. The third-order valence-electron chi connectivity index (χ3n) is 0.882. The molecule has 10 heavy (non-hydrogen) atoms. The minimum atomic E-state index is -1.69. The topological polar surface area (TPSA) is 94.8 Å². The van der Waals surface area contributed by atoms with Crippen molar-refractivity contribution in [3.63, 3.8) is 0 Å². The Bertz CT molecular complexity index is 141. The SMILES string of the molecule is O=C(CO)CC(O)C(=O)O. The van der Waals surface area contributed by atoms with Gasteiger partial charge in [-0.3, -0.25) is 4.79 Å². The molecule has 1 unspecified atom stereocenters. The highest BCUT2D eigenvalue weighted by molar-refractivity contribution is 5.85. The number of hydrogen-bond acceptors (Lipinski definition) is 4. The molecular weight excluding hydrogens is 140 g/mol. The van der Waals surface area contributed by atoms with Gasteiger partial charge in [0.05, 0.1) is 0 Å². The third-order valence-corrected chi connectivity index (χ3v) is 0.882. The number of hydrogen-bond donors (Lipinski definition) is 3. The molecule has 3 N–H and O–H groups in total. The fourth-order valence-electron chi connectivity index (χ4n) is 0.368. The van der Waals surface area contributed by atoms with Gasteiger partial charge in [0.15, 0.2) is 11.9 Å². The van der Waals surface area contributed by atoms with Gasteiger partial charge in [-0.2, -0.15) is 0 Å². The van der Waals surface area contributed by atoms with Crippen molar-refractivity contribution in [2.24, 2.45) is 0 Å². The molecule has 5 nitrogen and oxygen atoms in total. The number of carbonyl (C=O) groups is 2. The van der Waals surface area contributed by atoms with Gasteiger partial charge in [-0.25, -0.2) is 4.79 Å². The summed E-state index contributed by atoms with van der Waals surface area (Å²) >= 11 is 0. The summed E-state index contributed by atoms with van der Waals surface area (Å²) in [4.78, 5) is 20.1. The number of carboxylic acid groups (broad SMARTS) is 1. The number of ketones is 1. The predicted molar refractivity (Wildman–Crippen MR) is 30.4 cm³/mol. The monoisotopic (exact) mass is 148 g/mol. The highest BCUT2D eigenvalue weighted by Crippen LogP contribution is 1.91. The number of aliphatic hydroxyl groups is 2. The first-order valence-corrected chi connectivity index (χ1v) is 2.61. The highest BCUT2D eigenvalue weighted by atomic mass is 16.4. The smallest absolute Gasteiger partial charge is 0.332 e. The van der Waals surface area contributed by atoms with Crippen molar-refractivity contribution >= 4 is 11.8 Å². The van der Waals surface area contributed by atoms with Crippen LogP contribution in [-0.2, 0) is 9.59 Å². The van der Waals surface area contributed by atoms with E-state index in [0.29, 0.717) is 0 Å². The first-order chi connectivity index (χ1) is 4.57. The molecule has 0 amide bonds. The first kappa shape index (κ1) is 9.06. The van der Waals surface area contributed by atoms with Crippen LogP contribution in [0.2, 0.25) is 0 Å². The van der Waals surface area contributed by atoms with Gasteiger partial charge in [0.2, 0.25) is 0 Å². The van der Waals surface area contributed by atoms with Crippen molar-refractivity contribution in [1.29, 1.82) is 0 Å². The summed E-state index contributed by atoms with van der Waals surface area (Å²) in [5.41, 5.74) is 0. The van der Waals surface area contributed by atoms with E-state index in [2.05, 4.69) is 0 Å². The van der Waals surface area contributed by atoms with E-state index in [1.165, 1.54) is 0 Å². The summed E-state index contributed by atoms with van der Waals surface area (Å²) in [6.45, 7) is -0.732. The van der Waals surface area contributed by atoms with E-state index in [-0.39, 0.29) is 0 Å². The summed E-state index contributed by atoms with van der Waals surface area (Å²) in [7, 11) is 0. The van der Waals surface area contributed by atoms with E-state index in [9.17, 15) is 9.59 Å². The first-order valence-electron chi connectivity index (χ1n) is 2.61. The van der Waals surface area contributed by atoms with E-state index in [1.807, 2.05) is 0 Å². The third kappa shape index (κ3) is 3.16. The van der Waals surface area contributed by atoms with Gasteiger partial charge >= 0.3 is 5.97 Å². The fourth-order valence-corrected chi connectivity index (χ4v) is 0.368. The second kappa shape index (κ2) is 3.97. The van der Waals surface area contributed by atoms with Crippen molar-refractivity contribution in [2.75, 3.05) is 6.61 Å². The van der Waals surface area contributed by atoms with Gasteiger partial charge < -0.3 is 15.3 Å². The van der Waals surface area contributed by atoms with Crippen LogP contribution in [0.4, 0.5) is 0 Å². The summed E-state index contributed by atoms with van der Waals surface area (Å²) in [5, 5.41) is 24.7. The summed E-state index contributed by atoms with van der Waals surface area (Å²) in [6, 6.07) is 0.